The van der Waals surface area contributed by atoms with Crippen LogP contribution in [0.2, 0.25) is 0 Å². The highest BCUT2D eigenvalue weighted by Crippen LogP contribution is 2.20. The Morgan fingerprint density at radius 2 is 2.00 bits per heavy atom. The van der Waals surface area contributed by atoms with E-state index in [2.05, 4.69) is 37.9 Å². The smallest absolute Gasteiger partial charge is 0.0217 e. The fourth-order valence-corrected chi connectivity index (χ4v) is 2.79. The van der Waals surface area contributed by atoms with Crippen LogP contribution in [0.1, 0.15) is 53.4 Å². The van der Waals surface area contributed by atoms with Gasteiger partial charge in [0.15, 0.2) is 0 Å². The third-order valence-electron chi connectivity index (χ3n) is 3.92. The first-order valence-corrected chi connectivity index (χ1v) is 7.16. The van der Waals surface area contributed by atoms with Gasteiger partial charge < -0.3 is 5.32 Å². The Morgan fingerprint density at radius 3 is 2.56 bits per heavy atom. The molecule has 0 aromatic heterocycles. The molecule has 2 unspecified atom stereocenters. The zero-order valence-electron chi connectivity index (χ0n) is 11.6. The van der Waals surface area contributed by atoms with Crippen molar-refractivity contribution in [1.29, 1.82) is 0 Å². The van der Waals surface area contributed by atoms with Crippen LogP contribution in [0.5, 0.6) is 0 Å². The molecule has 2 nitrogen and oxygen atoms in total. The molecule has 1 N–H and O–H groups in total. The van der Waals surface area contributed by atoms with Crippen molar-refractivity contribution in [3.8, 4) is 0 Å². The van der Waals surface area contributed by atoms with Gasteiger partial charge in [0.1, 0.15) is 0 Å². The molecular formula is C14H30N2. The monoisotopic (exact) mass is 226 g/mol. The zero-order chi connectivity index (χ0) is 12.0. The van der Waals surface area contributed by atoms with Crippen molar-refractivity contribution in [2.24, 2.45) is 5.92 Å². The van der Waals surface area contributed by atoms with E-state index in [-0.39, 0.29) is 0 Å². The Hall–Kier alpha value is -0.0800. The molecule has 1 rings (SSSR count). The Bertz CT molecular complexity index is 180. The van der Waals surface area contributed by atoms with E-state index in [0.717, 1.165) is 18.5 Å². The lowest BCUT2D eigenvalue weighted by Crippen LogP contribution is -2.49. The van der Waals surface area contributed by atoms with Crippen molar-refractivity contribution >= 4 is 0 Å². The van der Waals surface area contributed by atoms with Gasteiger partial charge in [-0.2, -0.15) is 0 Å². The Morgan fingerprint density at radius 1 is 1.25 bits per heavy atom. The molecule has 96 valence electrons. The van der Waals surface area contributed by atoms with E-state index in [0.29, 0.717) is 6.04 Å². The number of rotatable bonds is 6. The summed E-state index contributed by atoms with van der Waals surface area (Å²) in [6.07, 6.45) is 5.56. The minimum atomic E-state index is 0.664. The molecule has 16 heavy (non-hydrogen) atoms. The summed E-state index contributed by atoms with van der Waals surface area (Å²) in [5.41, 5.74) is 0. The van der Waals surface area contributed by atoms with Crippen molar-refractivity contribution in [2.75, 3.05) is 19.6 Å². The van der Waals surface area contributed by atoms with Gasteiger partial charge in [-0.05, 0) is 38.3 Å². The van der Waals surface area contributed by atoms with Crippen molar-refractivity contribution in [3.05, 3.63) is 0 Å². The maximum Gasteiger partial charge on any atom is 0.0217 e. The summed E-state index contributed by atoms with van der Waals surface area (Å²) in [6, 6.07) is 1.51. The molecule has 1 saturated heterocycles. The van der Waals surface area contributed by atoms with Crippen LogP contribution in [0, 0.1) is 5.92 Å². The third kappa shape index (κ3) is 4.06. The molecule has 0 radical (unpaired) electrons. The van der Waals surface area contributed by atoms with Gasteiger partial charge >= 0.3 is 0 Å². The van der Waals surface area contributed by atoms with Crippen molar-refractivity contribution in [1.82, 2.24) is 10.2 Å². The van der Waals surface area contributed by atoms with Gasteiger partial charge in [0.2, 0.25) is 0 Å². The lowest BCUT2D eigenvalue weighted by Gasteiger charge is -2.38. The molecule has 1 heterocycles. The number of likely N-dealkylation sites (tertiary alicyclic amines) is 1. The maximum absolute atomic E-state index is 3.63. The van der Waals surface area contributed by atoms with Gasteiger partial charge in [-0.3, -0.25) is 4.90 Å². The third-order valence-corrected chi connectivity index (χ3v) is 3.92. The second-order valence-electron chi connectivity index (χ2n) is 5.46. The Kier molecular flexibility index (Phi) is 6.37. The van der Waals surface area contributed by atoms with E-state index >= 15 is 0 Å². The number of hydrogen-bond acceptors (Lipinski definition) is 2. The quantitative estimate of drug-likeness (QED) is 0.749. The van der Waals surface area contributed by atoms with E-state index < -0.39 is 0 Å². The van der Waals surface area contributed by atoms with Crippen molar-refractivity contribution in [3.63, 3.8) is 0 Å². The van der Waals surface area contributed by atoms with Crippen LogP contribution in [-0.4, -0.2) is 36.6 Å². The highest BCUT2D eigenvalue weighted by Gasteiger charge is 2.24. The highest BCUT2D eigenvalue weighted by molar-refractivity contribution is 4.81. The molecule has 2 atom stereocenters. The first-order valence-electron chi connectivity index (χ1n) is 7.16. The fraction of sp³-hybridized carbons (Fsp3) is 1.00. The summed E-state index contributed by atoms with van der Waals surface area (Å²) >= 11 is 0. The van der Waals surface area contributed by atoms with Crippen molar-refractivity contribution in [2.45, 2.75) is 65.5 Å². The zero-order valence-corrected chi connectivity index (χ0v) is 11.6. The molecule has 0 saturated carbocycles. The van der Waals surface area contributed by atoms with Gasteiger partial charge in [-0.1, -0.05) is 34.1 Å². The second kappa shape index (κ2) is 7.29. The SMILES string of the molecule is CCNC(CN1CCCCC1CC)C(C)C. The summed E-state index contributed by atoms with van der Waals surface area (Å²) < 4.78 is 0. The molecule has 1 aliphatic rings. The number of nitrogens with one attached hydrogen (secondary N) is 1. The molecule has 0 bridgehead atoms. The summed E-state index contributed by atoms with van der Waals surface area (Å²) in [6.45, 7) is 12.9. The van der Waals surface area contributed by atoms with E-state index in [1.165, 1.54) is 38.8 Å². The predicted molar refractivity (Wildman–Crippen MR) is 71.8 cm³/mol. The first-order chi connectivity index (χ1) is 7.69. The minimum Gasteiger partial charge on any atom is -0.313 e. The average Bonchev–Trinajstić information content (AvgIpc) is 2.29. The van der Waals surface area contributed by atoms with Crippen LogP contribution in [0.4, 0.5) is 0 Å². The lowest BCUT2D eigenvalue weighted by molar-refractivity contribution is 0.120. The second-order valence-corrected chi connectivity index (χ2v) is 5.46. The molecule has 1 aliphatic heterocycles. The molecule has 0 aromatic carbocycles. The van der Waals surface area contributed by atoms with Gasteiger partial charge in [0.05, 0.1) is 0 Å². The van der Waals surface area contributed by atoms with Crippen LogP contribution in [0.25, 0.3) is 0 Å². The largest absolute Gasteiger partial charge is 0.313 e. The van der Waals surface area contributed by atoms with Crippen molar-refractivity contribution < 1.29 is 0 Å². The maximum atomic E-state index is 3.63. The first kappa shape index (κ1) is 14.0. The normalized spacial score (nSPS) is 24.9. The summed E-state index contributed by atoms with van der Waals surface area (Å²) in [4.78, 5) is 2.72. The number of nitrogens with zero attached hydrogens (tertiary/aromatic N) is 1. The molecule has 2 heteroatoms. The van der Waals surface area contributed by atoms with E-state index in [1.807, 2.05) is 0 Å². The summed E-state index contributed by atoms with van der Waals surface area (Å²) in [5.74, 6) is 0.736. The molecule has 0 spiro atoms. The predicted octanol–water partition coefficient (Wildman–Crippen LogP) is 2.89. The molecule has 0 aromatic rings. The van der Waals surface area contributed by atoms with Gasteiger partial charge in [-0.15, -0.1) is 0 Å². The van der Waals surface area contributed by atoms with E-state index in [4.69, 9.17) is 0 Å². The van der Waals surface area contributed by atoms with Crippen LogP contribution < -0.4 is 5.32 Å². The lowest BCUT2D eigenvalue weighted by atomic mass is 9.97. The summed E-state index contributed by atoms with van der Waals surface area (Å²) in [5, 5.41) is 3.63. The van der Waals surface area contributed by atoms with Crippen LogP contribution in [0.3, 0.4) is 0 Å². The minimum absolute atomic E-state index is 0.664. The standard InChI is InChI=1S/C14H30N2/c1-5-13-9-7-8-10-16(13)11-14(12(3)4)15-6-2/h12-15H,5-11H2,1-4H3. The molecule has 1 fully saturated rings. The average molecular weight is 226 g/mol. The van der Waals surface area contributed by atoms with Gasteiger partial charge in [0, 0.05) is 18.6 Å². The summed E-state index contributed by atoms with van der Waals surface area (Å²) in [7, 11) is 0. The van der Waals surface area contributed by atoms with Gasteiger partial charge in [0.25, 0.3) is 0 Å². The van der Waals surface area contributed by atoms with Crippen LogP contribution in [-0.2, 0) is 0 Å². The van der Waals surface area contributed by atoms with Crippen LogP contribution >= 0.6 is 0 Å². The highest BCUT2D eigenvalue weighted by atomic mass is 15.2. The number of hydrogen-bond donors (Lipinski definition) is 1. The van der Waals surface area contributed by atoms with Crippen LogP contribution in [0.15, 0.2) is 0 Å². The fourth-order valence-electron chi connectivity index (χ4n) is 2.79. The van der Waals surface area contributed by atoms with E-state index in [9.17, 15) is 0 Å². The van der Waals surface area contributed by atoms with Gasteiger partial charge in [-0.25, -0.2) is 0 Å². The topological polar surface area (TPSA) is 15.3 Å². The number of piperidine rings is 1. The molecular weight excluding hydrogens is 196 g/mol. The molecule has 0 amide bonds. The Labute approximate surface area is 102 Å². The van der Waals surface area contributed by atoms with E-state index in [1.54, 1.807) is 0 Å². The number of likely N-dealkylation sites (N-methyl/N-ethyl adjacent to an activating group) is 1. The molecule has 0 aliphatic carbocycles. The Balaban J connectivity index is 2.47.